The molecule has 0 atom stereocenters. The van der Waals surface area contributed by atoms with E-state index in [2.05, 4.69) is 15.3 Å². The monoisotopic (exact) mass is 381 g/mol. The number of fused-ring (bicyclic) bond motifs is 1. The Morgan fingerprint density at radius 2 is 1.96 bits per heavy atom. The smallest absolute Gasteiger partial charge is 0.348 e. The molecule has 124 valence electrons. The highest BCUT2D eigenvalue weighted by atomic mass is 35.5. The first-order valence-electron chi connectivity index (χ1n) is 7.16. The number of carbonyl (C=O) groups excluding carboxylic acids is 1. The quantitative estimate of drug-likeness (QED) is 0.495. The zero-order valence-electron chi connectivity index (χ0n) is 12.9. The molecule has 2 heterocycles. The van der Waals surface area contributed by atoms with E-state index in [4.69, 9.17) is 27.9 Å². The van der Waals surface area contributed by atoms with E-state index in [-0.39, 0.29) is 11.3 Å². The van der Waals surface area contributed by atoms with E-state index in [0.29, 0.717) is 27.2 Å². The largest absolute Gasteiger partial charge is 0.462 e. The van der Waals surface area contributed by atoms with Crippen LogP contribution >= 0.6 is 34.5 Å². The number of aromatic nitrogens is 2. The lowest BCUT2D eigenvalue weighted by Gasteiger charge is -2.08. The first-order valence-corrected chi connectivity index (χ1v) is 8.73. The normalized spacial score (nSPS) is 10.8. The third kappa shape index (κ3) is 3.31. The van der Waals surface area contributed by atoms with Crippen LogP contribution in [0.15, 0.2) is 24.3 Å². The third-order valence-corrected chi connectivity index (χ3v) is 4.92. The molecule has 0 aliphatic carbocycles. The summed E-state index contributed by atoms with van der Waals surface area (Å²) in [6, 6.07) is 7.21. The lowest BCUT2D eigenvalue weighted by atomic mass is 10.2. The second-order valence-corrected chi connectivity index (χ2v) is 6.70. The third-order valence-electron chi connectivity index (χ3n) is 3.33. The SMILES string of the molecule is CCOC(=O)c1sc2nc(Cl)nc(Nc3ccc(Cl)cc3)c2c1C. The van der Waals surface area contributed by atoms with Gasteiger partial charge in [-0.25, -0.2) is 9.78 Å². The predicted molar refractivity (Wildman–Crippen MR) is 97.9 cm³/mol. The number of hydrogen-bond acceptors (Lipinski definition) is 6. The maximum atomic E-state index is 12.1. The Balaban J connectivity index is 2.09. The molecule has 0 fully saturated rings. The Morgan fingerprint density at radius 1 is 1.25 bits per heavy atom. The van der Waals surface area contributed by atoms with Crippen LogP contribution in [-0.2, 0) is 4.74 Å². The van der Waals surface area contributed by atoms with Crippen LogP contribution in [0.5, 0.6) is 0 Å². The van der Waals surface area contributed by atoms with E-state index in [1.165, 1.54) is 11.3 Å². The molecule has 3 aromatic rings. The molecule has 0 bridgehead atoms. The average Bonchev–Trinajstić information content (AvgIpc) is 2.86. The molecule has 8 heteroatoms. The van der Waals surface area contributed by atoms with E-state index in [0.717, 1.165) is 16.6 Å². The molecule has 3 rings (SSSR count). The Morgan fingerprint density at radius 3 is 2.62 bits per heavy atom. The van der Waals surface area contributed by atoms with Gasteiger partial charge < -0.3 is 10.1 Å². The fourth-order valence-corrected chi connectivity index (χ4v) is 3.68. The van der Waals surface area contributed by atoms with Crippen molar-refractivity contribution >= 4 is 62.2 Å². The molecule has 0 aliphatic heterocycles. The number of thiophene rings is 1. The fourth-order valence-electron chi connectivity index (χ4n) is 2.26. The van der Waals surface area contributed by atoms with Gasteiger partial charge in [0.05, 0.1) is 12.0 Å². The van der Waals surface area contributed by atoms with Crippen molar-refractivity contribution in [3.8, 4) is 0 Å². The number of hydrogen-bond donors (Lipinski definition) is 1. The fraction of sp³-hybridized carbons (Fsp3) is 0.188. The number of carbonyl (C=O) groups is 1. The minimum Gasteiger partial charge on any atom is -0.462 e. The number of esters is 1. The van der Waals surface area contributed by atoms with Gasteiger partial charge in [-0.05, 0) is 55.3 Å². The molecule has 0 amide bonds. The van der Waals surface area contributed by atoms with Crippen LogP contribution in [0.1, 0.15) is 22.2 Å². The Hall–Kier alpha value is -1.89. The van der Waals surface area contributed by atoms with Crippen molar-refractivity contribution in [1.82, 2.24) is 9.97 Å². The van der Waals surface area contributed by atoms with Gasteiger partial charge in [0.25, 0.3) is 0 Å². The summed E-state index contributed by atoms with van der Waals surface area (Å²) in [5.74, 6) is 0.170. The number of anilines is 2. The molecule has 1 N–H and O–H groups in total. The lowest BCUT2D eigenvalue weighted by molar-refractivity contribution is 0.0531. The number of aryl methyl sites for hydroxylation is 1. The van der Waals surface area contributed by atoms with Gasteiger partial charge in [0.2, 0.25) is 5.28 Å². The highest BCUT2D eigenvalue weighted by Gasteiger charge is 2.21. The zero-order valence-corrected chi connectivity index (χ0v) is 15.2. The molecule has 0 saturated heterocycles. The van der Waals surface area contributed by atoms with Crippen LogP contribution < -0.4 is 5.32 Å². The van der Waals surface area contributed by atoms with Crippen LogP contribution in [0, 0.1) is 6.92 Å². The standard InChI is InChI=1S/C16H13Cl2N3O2S/c1-3-23-15(22)12-8(2)11-13(20-16(18)21-14(11)24-12)19-10-6-4-9(17)5-7-10/h4-7H,3H2,1-2H3,(H,19,20,21). The lowest BCUT2D eigenvalue weighted by Crippen LogP contribution is -2.03. The molecule has 24 heavy (non-hydrogen) atoms. The second-order valence-electron chi connectivity index (χ2n) is 4.93. The molecule has 0 spiro atoms. The summed E-state index contributed by atoms with van der Waals surface area (Å²) in [5, 5.41) is 4.70. The van der Waals surface area contributed by atoms with Crippen LogP contribution in [0.25, 0.3) is 10.2 Å². The minimum absolute atomic E-state index is 0.107. The molecule has 5 nitrogen and oxygen atoms in total. The summed E-state index contributed by atoms with van der Waals surface area (Å²) in [6.07, 6.45) is 0. The van der Waals surface area contributed by atoms with Crippen molar-refractivity contribution in [2.24, 2.45) is 0 Å². The number of ether oxygens (including phenoxy) is 1. The maximum Gasteiger partial charge on any atom is 0.348 e. The van der Waals surface area contributed by atoms with Crippen molar-refractivity contribution in [3.05, 3.63) is 45.0 Å². The van der Waals surface area contributed by atoms with E-state index in [1.54, 1.807) is 19.1 Å². The van der Waals surface area contributed by atoms with Crippen molar-refractivity contribution in [3.63, 3.8) is 0 Å². The van der Waals surface area contributed by atoms with Gasteiger partial charge in [-0.2, -0.15) is 4.98 Å². The van der Waals surface area contributed by atoms with Crippen LogP contribution in [-0.4, -0.2) is 22.5 Å². The summed E-state index contributed by atoms with van der Waals surface area (Å²) >= 11 is 13.2. The molecule has 0 unspecified atom stereocenters. The second kappa shape index (κ2) is 6.93. The number of nitrogens with zero attached hydrogens (tertiary/aromatic N) is 2. The van der Waals surface area contributed by atoms with E-state index >= 15 is 0 Å². The first kappa shape index (κ1) is 17.0. The van der Waals surface area contributed by atoms with E-state index in [1.807, 2.05) is 19.1 Å². The van der Waals surface area contributed by atoms with Gasteiger partial charge in [0.1, 0.15) is 15.5 Å². The summed E-state index contributed by atoms with van der Waals surface area (Å²) in [6.45, 7) is 3.93. The highest BCUT2D eigenvalue weighted by Crippen LogP contribution is 2.36. The van der Waals surface area contributed by atoms with Crippen molar-refractivity contribution in [2.45, 2.75) is 13.8 Å². The van der Waals surface area contributed by atoms with Gasteiger partial charge in [0.15, 0.2) is 0 Å². The summed E-state index contributed by atoms with van der Waals surface area (Å²) in [4.78, 5) is 21.7. The molecule has 0 aliphatic rings. The number of halogens is 2. The van der Waals surface area contributed by atoms with Gasteiger partial charge >= 0.3 is 5.97 Å². The predicted octanol–water partition coefficient (Wildman–Crippen LogP) is 5.23. The van der Waals surface area contributed by atoms with Crippen molar-refractivity contribution < 1.29 is 9.53 Å². The van der Waals surface area contributed by atoms with Crippen molar-refractivity contribution in [1.29, 1.82) is 0 Å². The summed E-state index contributed by atoms with van der Waals surface area (Å²) in [5.41, 5.74) is 1.57. The Kier molecular flexibility index (Phi) is 4.89. The summed E-state index contributed by atoms with van der Waals surface area (Å²) in [7, 11) is 0. The number of rotatable bonds is 4. The van der Waals surface area contributed by atoms with Gasteiger partial charge in [-0.3, -0.25) is 0 Å². The summed E-state index contributed by atoms with van der Waals surface area (Å²) < 4.78 is 5.10. The number of nitrogens with one attached hydrogen (secondary N) is 1. The van der Waals surface area contributed by atoms with Crippen LogP contribution in [0.2, 0.25) is 10.3 Å². The zero-order chi connectivity index (χ0) is 17.3. The topological polar surface area (TPSA) is 64.1 Å². The van der Waals surface area contributed by atoms with Crippen molar-refractivity contribution in [2.75, 3.05) is 11.9 Å². The molecule has 0 saturated carbocycles. The van der Waals surface area contributed by atoms with E-state index in [9.17, 15) is 4.79 Å². The Labute approximate surface area is 152 Å². The maximum absolute atomic E-state index is 12.1. The minimum atomic E-state index is -0.369. The van der Waals surface area contributed by atoms with Gasteiger partial charge in [0, 0.05) is 10.7 Å². The molecule has 0 radical (unpaired) electrons. The highest BCUT2D eigenvalue weighted by molar-refractivity contribution is 7.20. The molecule has 1 aromatic carbocycles. The molecule has 2 aromatic heterocycles. The molecular formula is C16H13Cl2N3O2S. The average molecular weight is 382 g/mol. The first-order chi connectivity index (χ1) is 11.5. The van der Waals surface area contributed by atoms with E-state index < -0.39 is 0 Å². The van der Waals surface area contributed by atoms with Crippen LogP contribution in [0.4, 0.5) is 11.5 Å². The Bertz CT molecular complexity index is 910. The number of benzene rings is 1. The van der Waals surface area contributed by atoms with Crippen LogP contribution in [0.3, 0.4) is 0 Å². The molecular weight excluding hydrogens is 369 g/mol. The van der Waals surface area contributed by atoms with Gasteiger partial charge in [-0.15, -0.1) is 11.3 Å². The van der Waals surface area contributed by atoms with Gasteiger partial charge in [-0.1, -0.05) is 11.6 Å².